The molecule has 1 aromatic carbocycles. The summed E-state index contributed by atoms with van der Waals surface area (Å²) in [6.07, 6.45) is 5.70. The van der Waals surface area contributed by atoms with Gasteiger partial charge in [-0.1, -0.05) is 11.6 Å². The average molecular weight is 369 g/mol. The molecule has 0 radical (unpaired) electrons. The molecule has 7 heteroatoms. The summed E-state index contributed by atoms with van der Waals surface area (Å²) < 4.78 is 5.17. The fourth-order valence-corrected chi connectivity index (χ4v) is 3.43. The number of methoxy groups -OCH3 is 1. The zero-order valence-electron chi connectivity index (χ0n) is 14.1. The van der Waals surface area contributed by atoms with Crippen LogP contribution in [0.1, 0.15) is 18.2 Å². The Labute approximate surface area is 155 Å². The normalized spacial score (nSPS) is 16.9. The van der Waals surface area contributed by atoms with E-state index >= 15 is 0 Å². The summed E-state index contributed by atoms with van der Waals surface area (Å²) in [6, 6.07) is 9.21. The SMILES string of the molecule is COc1ccc(N2CC(c3ncc(-c4cccnc4)[nH]3)CC2=O)cc1Cl. The highest BCUT2D eigenvalue weighted by Gasteiger charge is 2.33. The minimum atomic E-state index is 0.00815. The Hall–Kier alpha value is -2.86. The molecule has 1 saturated heterocycles. The molecule has 1 N–H and O–H groups in total. The Kier molecular flexibility index (Phi) is 4.34. The largest absolute Gasteiger partial charge is 0.495 e. The van der Waals surface area contributed by atoms with Crippen LogP contribution in [0.5, 0.6) is 5.75 Å². The van der Waals surface area contributed by atoms with Crippen molar-refractivity contribution in [2.24, 2.45) is 0 Å². The summed E-state index contributed by atoms with van der Waals surface area (Å²) in [4.78, 5) is 26.2. The van der Waals surface area contributed by atoms with E-state index in [1.165, 1.54) is 0 Å². The number of imidazole rings is 1. The zero-order chi connectivity index (χ0) is 18.1. The number of carbonyl (C=O) groups is 1. The predicted octanol–water partition coefficient (Wildman–Crippen LogP) is 3.65. The van der Waals surface area contributed by atoms with Crippen molar-refractivity contribution in [3.63, 3.8) is 0 Å². The van der Waals surface area contributed by atoms with Gasteiger partial charge >= 0.3 is 0 Å². The van der Waals surface area contributed by atoms with Gasteiger partial charge in [-0.15, -0.1) is 0 Å². The van der Waals surface area contributed by atoms with Gasteiger partial charge in [0.15, 0.2) is 0 Å². The van der Waals surface area contributed by atoms with E-state index in [-0.39, 0.29) is 11.8 Å². The zero-order valence-corrected chi connectivity index (χ0v) is 14.9. The number of nitrogens with one attached hydrogen (secondary N) is 1. The van der Waals surface area contributed by atoms with E-state index < -0.39 is 0 Å². The summed E-state index contributed by atoms with van der Waals surface area (Å²) in [7, 11) is 1.56. The van der Waals surface area contributed by atoms with Gasteiger partial charge in [-0.3, -0.25) is 9.78 Å². The van der Waals surface area contributed by atoms with E-state index in [4.69, 9.17) is 16.3 Å². The summed E-state index contributed by atoms with van der Waals surface area (Å²) in [5, 5.41) is 0.484. The van der Waals surface area contributed by atoms with Gasteiger partial charge < -0.3 is 14.6 Å². The maximum atomic E-state index is 12.5. The van der Waals surface area contributed by atoms with E-state index in [0.29, 0.717) is 23.7 Å². The van der Waals surface area contributed by atoms with Crippen LogP contribution in [0.4, 0.5) is 5.69 Å². The Morgan fingerprint density at radius 3 is 2.92 bits per heavy atom. The third kappa shape index (κ3) is 3.04. The van der Waals surface area contributed by atoms with E-state index in [9.17, 15) is 4.79 Å². The topological polar surface area (TPSA) is 71.1 Å². The van der Waals surface area contributed by atoms with Crippen LogP contribution >= 0.6 is 11.6 Å². The lowest BCUT2D eigenvalue weighted by atomic mass is 10.1. The van der Waals surface area contributed by atoms with Crippen molar-refractivity contribution in [3.05, 3.63) is 59.8 Å². The minimum absolute atomic E-state index is 0.00815. The molecule has 2 aromatic heterocycles. The van der Waals surface area contributed by atoms with Gasteiger partial charge in [-0.2, -0.15) is 0 Å². The molecule has 1 unspecified atom stereocenters. The van der Waals surface area contributed by atoms with Crippen LogP contribution in [-0.2, 0) is 4.79 Å². The first-order chi connectivity index (χ1) is 12.7. The minimum Gasteiger partial charge on any atom is -0.495 e. The first-order valence-electron chi connectivity index (χ1n) is 8.25. The van der Waals surface area contributed by atoms with Crippen molar-refractivity contribution in [3.8, 4) is 17.0 Å². The Morgan fingerprint density at radius 2 is 2.19 bits per heavy atom. The van der Waals surface area contributed by atoms with Crippen LogP contribution in [0, 0.1) is 0 Å². The van der Waals surface area contributed by atoms with Gasteiger partial charge in [-0.25, -0.2) is 4.98 Å². The van der Waals surface area contributed by atoms with Gasteiger partial charge in [0.25, 0.3) is 0 Å². The maximum absolute atomic E-state index is 12.5. The second-order valence-corrected chi connectivity index (χ2v) is 6.56. The molecule has 1 fully saturated rings. The number of hydrogen-bond acceptors (Lipinski definition) is 4. The molecule has 4 rings (SSSR count). The smallest absolute Gasteiger partial charge is 0.227 e. The van der Waals surface area contributed by atoms with Crippen molar-refractivity contribution in [1.29, 1.82) is 0 Å². The molecule has 3 heterocycles. The second-order valence-electron chi connectivity index (χ2n) is 6.15. The molecule has 1 atom stereocenters. The monoisotopic (exact) mass is 368 g/mol. The highest BCUT2D eigenvalue weighted by molar-refractivity contribution is 6.32. The first-order valence-corrected chi connectivity index (χ1v) is 8.62. The van der Waals surface area contributed by atoms with Crippen LogP contribution in [-0.4, -0.2) is 34.5 Å². The lowest BCUT2D eigenvalue weighted by Gasteiger charge is -2.17. The van der Waals surface area contributed by atoms with Crippen LogP contribution in [0.25, 0.3) is 11.3 Å². The molecule has 0 aliphatic carbocycles. The van der Waals surface area contributed by atoms with Crippen LogP contribution in [0.2, 0.25) is 5.02 Å². The maximum Gasteiger partial charge on any atom is 0.227 e. The standard InChI is InChI=1S/C19H17ClN4O2/c1-26-17-5-4-14(8-15(17)20)24-11-13(7-18(24)25)19-22-10-16(23-19)12-3-2-6-21-9-12/h2-6,8-10,13H,7,11H2,1H3,(H,22,23). The molecule has 132 valence electrons. The number of halogens is 1. The molecule has 1 amide bonds. The molecular formula is C19H17ClN4O2. The molecule has 3 aromatic rings. The van der Waals surface area contributed by atoms with Gasteiger partial charge in [-0.05, 0) is 30.3 Å². The van der Waals surface area contributed by atoms with Gasteiger partial charge in [0.2, 0.25) is 5.91 Å². The second kappa shape index (κ2) is 6.80. The van der Waals surface area contributed by atoms with E-state index in [1.807, 2.05) is 18.2 Å². The number of pyridine rings is 1. The molecule has 6 nitrogen and oxygen atoms in total. The first kappa shape index (κ1) is 16.6. The number of rotatable bonds is 4. The number of aromatic nitrogens is 3. The molecule has 0 bridgehead atoms. The molecule has 0 saturated carbocycles. The number of aromatic amines is 1. The summed E-state index contributed by atoms with van der Waals surface area (Å²) >= 11 is 6.19. The number of carbonyl (C=O) groups excluding carboxylic acids is 1. The van der Waals surface area contributed by atoms with Crippen molar-refractivity contribution < 1.29 is 9.53 Å². The van der Waals surface area contributed by atoms with E-state index in [2.05, 4.69) is 15.0 Å². The molecule has 0 spiro atoms. The third-order valence-corrected chi connectivity index (χ3v) is 4.82. The Bertz CT molecular complexity index is 942. The lowest BCUT2D eigenvalue weighted by Crippen LogP contribution is -2.24. The highest BCUT2D eigenvalue weighted by Crippen LogP contribution is 2.35. The number of nitrogens with zero attached hydrogens (tertiary/aromatic N) is 3. The third-order valence-electron chi connectivity index (χ3n) is 4.53. The van der Waals surface area contributed by atoms with Gasteiger partial charge in [0.05, 0.1) is 24.0 Å². The summed E-state index contributed by atoms with van der Waals surface area (Å²) in [6.45, 7) is 0.557. The van der Waals surface area contributed by atoms with Crippen molar-refractivity contribution in [2.75, 3.05) is 18.6 Å². The van der Waals surface area contributed by atoms with Crippen LogP contribution < -0.4 is 9.64 Å². The molecular weight excluding hydrogens is 352 g/mol. The number of anilines is 1. The highest BCUT2D eigenvalue weighted by atomic mass is 35.5. The fraction of sp³-hybridized carbons (Fsp3) is 0.211. The van der Waals surface area contributed by atoms with E-state index in [0.717, 1.165) is 22.8 Å². The summed E-state index contributed by atoms with van der Waals surface area (Å²) in [5.41, 5.74) is 2.63. The van der Waals surface area contributed by atoms with Crippen molar-refractivity contribution in [2.45, 2.75) is 12.3 Å². The summed E-state index contributed by atoms with van der Waals surface area (Å²) in [5.74, 6) is 1.45. The van der Waals surface area contributed by atoms with Gasteiger partial charge in [0.1, 0.15) is 11.6 Å². The number of H-pyrrole nitrogens is 1. The van der Waals surface area contributed by atoms with Crippen molar-refractivity contribution >= 4 is 23.2 Å². The molecule has 1 aliphatic heterocycles. The number of ether oxygens (including phenoxy) is 1. The fourth-order valence-electron chi connectivity index (χ4n) is 3.18. The number of hydrogen-bond donors (Lipinski definition) is 1. The van der Waals surface area contributed by atoms with Crippen molar-refractivity contribution in [1.82, 2.24) is 15.0 Å². The quantitative estimate of drug-likeness (QED) is 0.763. The van der Waals surface area contributed by atoms with Crippen LogP contribution in [0.15, 0.2) is 48.9 Å². The van der Waals surface area contributed by atoms with Gasteiger partial charge in [0, 0.05) is 42.5 Å². The average Bonchev–Trinajstić information content (AvgIpc) is 3.29. The predicted molar refractivity (Wildman–Crippen MR) is 99.5 cm³/mol. The number of benzene rings is 1. The van der Waals surface area contributed by atoms with E-state index in [1.54, 1.807) is 42.7 Å². The Balaban J connectivity index is 1.55. The lowest BCUT2D eigenvalue weighted by molar-refractivity contribution is -0.117. The number of amides is 1. The molecule has 26 heavy (non-hydrogen) atoms. The Morgan fingerprint density at radius 1 is 1.31 bits per heavy atom. The van der Waals surface area contributed by atoms with Crippen LogP contribution in [0.3, 0.4) is 0 Å². The molecule has 1 aliphatic rings.